The molecular weight excluding hydrogens is 571 g/mol. The van der Waals surface area contributed by atoms with Gasteiger partial charge in [0.1, 0.15) is 0 Å². The Morgan fingerprint density at radius 2 is 0.979 bits per heavy atom. The maximum absolute atomic E-state index is 4.69. The Morgan fingerprint density at radius 1 is 0.468 bits per heavy atom. The van der Waals surface area contributed by atoms with Gasteiger partial charge in [-0.3, -0.25) is 4.40 Å². The van der Waals surface area contributed by atoms with E-state index in [1.807, 2.05) is 13.8 Å². The van der Waals surface area contributed by atoms with Gasteiger partial charge in [-0.15, -0.1) is 10.2 Å². The monoisotopic (exact) mass is 603 g/mol. The summed E-state index contributed by atoms with van der Waals surface area (Å²) in [6.45, 7) is 6.11. The molecular formula is C44H33N3. The maximum atomic E-state index is 4.69. The van der Waals surface area contributed by atoms with Crippen molar-refractivity contribution in [3.63, 3.8) is 0 Å². The Hall–Kier alpha value is -5.80. The summed E-state index contributed by atoms with van der Waals surface area (Å²) in [5.74, 6) is 0.848. The Balaban J connectivity index is 0.00000149. The summed E-state index contributed by atoms with van der Waals surface area (Å²) >= 11 is 0. The molecule has 2 heterocycles. The van der Waals surface area contributed by atoms with Crippen LogP contribution in [0.1, 0.15) is 41.7 Å². The van der Waals surface area contributed by atoms with E-state index in [2.05, 4.69) is 167 Å². The zero-order valence-electron chi connectivity index (χ0n) is 26.7. The number of benzene rings is 6. The average molecular weight is 604 g/mol. The van der Waals surface area contributed by atoms with E-state index in [0.717, 1.165) is 22.4 Å². The molecule has 6 aromatic carbocycles. The third kappa shape index (κ3) is 3.68. The van der Waals surface area contributed by atoms with E-state index in [9.17, 15) is 0 Å². The molecule has 0 bridgehead atoms. The topological polar surface area (TPSA) is 30.2 Å². The minimum absolute atomic E-state index is 0.376. The van der Waals surface area contributed by atoms with Gasteiger partial charge in [-0.05, 0) is 68.4 Å². The van der Waals surface area contributed by atoms with Gasteiger partial charge in [-0.1, -0.05) is 153 Å². The fourth-order valence-corrected chi connectivity index (χ4v) is 8.10. The van der Waals surface area contributed by atoms with Crippen molar-refractivity contribution in [2.24, 2.45) is 0 Å². The van der Waals surface area contributed by atoms with Gasteiger partial charge in [0.25, 0.3) is 0 Å². The highest BCUT2D eigenvalue weighted by molar-refractivity contribution is 6.04. The zero-order chi connectivity index (χ0) is 31.7. The lowest BCUT2D eigenvalue weighted by atomic mass is 9.70. The molecule has 10 rings (SSSR count). The predicted octanol–water partition coefficient (Wildman–Crippen LogP) is 10.9. The summed E-state index contributed by atoms with van der Waals surface area (Å²) < 4.78 is 2.17. The Kier molecular flexibility index (Phi) is 6.07. The maximum Gasteiger partial charge on any atom is 0.169 e. The van der Waals surface area contributed by atoms with E-state index in [4.69, 9.17) is 0 Å². The van der Waals surface area contributed by atoms with E-state index >= 15 is 0 Å². The second-order valence-electron chi connectivity index (χ2n) is 12.3. The van der Waals surface area contributed by atoms with Crippen LogP contribution in [0.15, 0.2) is 146 Å². The minimum Gasteiger partial charge on any atom is -0.281 e. The molecule has 2 aliphatic carbocycles. The van der Waals surface area contributed by atoms with Gasteiger partial charge in [-0.2, -0.15) is 0 Å². The number of fused-ring (bicyclic) bond motifs is 13. The molecule has 0 atom stereocenters. The summed E-state index contributed by atoms with van der Waals surface area (Å²) in [7, 11) is 0. The molecule has 0 fully saturated rings. The lowest BCUT2D eigenvalue weighted by Crippen LogP contribution is -2.25. The SMILES string of the molecule is CC.Cc1ccc(-c2nnc3c4ccccc4c(-c4ccc5c(c4)C4(c6ccccc6-c6ccccc64)c4ccccc4-5)cn23)cc1. The van der Waals surface area contributed by atoms with Crippen molar-refractivity contribution in [2.45, 2.75) is 26.2 Å². The first-order chi connectivity index (χ1) is 23.2. The molecule has 224 valence electrons. The molecule has 0 radical (unpaired) electrons. The number of hydrogen-bond acceptors (Lipinski definition) is 2. The first-order valence-corrected chi connectivity index (χ1v) is 16.5. The van der Waals surface area contributed by atoms with E-state index in [0.29, 0.717) is 0 Å². The predicted molar refractivity (Wildman–Crippen MR) is 194 cm³/mol. The molecule has 0 saturated carbocycles. The molecule has 1 spiro atoms. The van der Waals surface area contributed by atoms with Crippen LogP contribution in [0, 0.1) is 6.92 Å². The quantitative estimate of drug-likeness (QED) is 0.197. The molecule has 2 aromatic heterocycles. The number of rotatable bonds is 2. The largest absolute Gasteiger partial charge is 0.281 e. The van der Waals surface area contributed by atoms with Crippen molar-refractivity contribution in [3.8, 4) is 44.8 Å². The van der Waals surface area contributed by atoms with Gasteiger partial charge < -0.3 is 0 Å². The van der Waals surface area contributed by atoms with Crippen LogP contribution in [0.4, 0.5) is 0 Å². The highest BCUT2D eigenvalue weighted by atomic mass is 15.2. The normalized spacial score (nSPS) is 13.2. The van der Waals surface area contributed by atoms with Gasteiger partial charge in [0, 0.05) is 22.7 Å². The van der Waals surface area contributed by atoms with Crippen LogP contribution >= 0.6 is 0 Å². The molecule has 2 aliphatic rings. The summed E-state index contributed by atoms with van der Waals surface area (Å²) in [5.41, 5.74) is 15.8. The second-order valence-corrected chi connectivity index (χ2v) is 12.3. The highest BCUT2D eigenvalue weighted by Gasteiger charge is 2.51. The van der Waals surface area contributed by atoms with Crippen molar-refractivity contribution in [1.29, 1.82) is 0 Å². The molecule has 0 aliphatic heterocycles. The molecule has 8 aromatic rings. The van der Waals surface area contributed by atoms with Crippen LogP contribution in [0.3, 0.4) is 0 Å². The van der Waals surface area contributed by atoms with Crippen molar-refractivity contribution in [1.82, 2.24) is 14.6 Å². The average Bonchev–Trinajstić information content (AvgIpc) is 3.79. The number of aryl methyl sites for hydroxylation is 1. The molecule has 3 heteroatoms. The number of aromatic nitrogens is 3. The number of hydrogen-bond donors (Lipinski definition) is 0. The van der Waals surface area contributed by atoms with Gasteiger partial charge in [-0.25, -0.2) is 0 Å². The Morgan fingerprint density at radius 3 is 1.60 bits per heavy atom. The third-order valence-electron chi connectivity index (χ3n) is 10.0. The van der Waals surface area contributed by atoms with Crippen LogP contribution in [0.2, 0.25) is 0 Å². The van der Waals surface area contributed by atoms with Gasteiger partial charge >= 0.3 is 0 Å². The summed E-state index contributed by atoms with van der Waals surface area (Å²) in [5, 5.41) is 11.6. The Labute approximate surface area is 274 Å². The van der Waals surface area contributed by atoms with Crippen LogP contribution in [-0.2, 0) is 5.41 Å². The van der Waals surface area contributed by atoms with Crippen LogP contribution in [0.5, 0.6) is 0 Å². The molecule has 0 N–H and O–H groups in total. The van der Waals surface area contributed by atoms with E-state index in [-0.39, 0.29) is 5.41 Å². The minimum atomic E-state index is -0.376. The molecule has 47 heavy (non-hydrogen) atoms. The molecule has 3 nitrogen and oxygen atoms in total. The van der Waals surface area contributed by atoms with Crippen molar-refractivity contribution < 1.29 is 0 Å². The van der Waals surface area contributed by atoms with Gasteiger partial charge in [0.2, 0.25) is 0 Å². The number of nitrogens with zero attached hydrogens (tertiary/aromatic N) is 3. The fourth-order valence-electron chi connectivity index (χ4n) is 8.10. The first kappa shape index (κ1) is 27.5. The van der Waals surface area contributed by atoms with Crippen molar-refractivity contribution in [3.05, 3.63) is 174 Å². The van der Waals surface area contributed by atoms with E-state index < -0.39 is 0 Å². The summed E-state index contributed by atoms with van der Waals surface area (Å²) in [6, 6.07) is 51.1. The fraction of sp³-hybridized carbons (Fsp3) is 0.0909. The van der Waals surface area contributed by atoms with Gasteiger partial charge in [0.15, 0.2) is 11.5 Å². The highest BCUT2D eigenvalue weighted by Crippen LogP contribution is 2.63. The Bertz CT molecular complexity index is 2440. The van der Waals surface area contributed by atoms with Crippen LogP contribution < -0.4 is 0 Å². The number of pyridine rings is 1. The van der Waals surface area contributed by atoms with E-state index in [1.165, 1.54) is 66.6 Å². The van der Waals surface area contributed by atoms with Gasteiger partial charge in [0.05, 0.1) is 5.41 Å². The van der Waals surface area contributed by atoms with E-state index in [1.54, 1.807) is 0 Å². The molecule has 0 unspecified atom stereocenters. The summed E-state index contributed by atoms with van der Waals surface area (Å²) in [4.78, 5) is 0. The van der Waals surface area contributed by atoms with Crippen LogP contribution in [-0.4, -0.2) is 14.6 Å². The molecule has 0 saturated heterocycles. The van der Waals surface area contributed by atoms with Crippen molar-refractivity contribution >= 4 is 16.4 Å². The standard InChI is InChI=1S/C42H27N3.C2H6/c1-26-18-20-27(21-19-26)40-43-44-41-34-14-3-2-10-29(34)35(25-45(40)41)28-22-23-33-32-13-6-9-17-38(32)42(39(33)24-28)36-15-7-4-11-30(36)31-12-5-8-16-37(31)42;1-2/h2-25H,1H3;1-2H3. The summed E-state index contributed by atoms with van der Waals surface area (Å²) in [6.07, 6.45) is 2.24. The first-order valence-electron chi connectivity index (χ1n) is 16.5. The smallest absolute Gasteiger partial charge is 0.169 e. The van der Waals surface area contributed by atoms with Crippen molar-refractivity contribution in [2.75, 3.05) is 0 Å². The molecule has 0 amide bonds. The van der Waals surface area contributed by atoms with Crippen LogP contribution in [0.25, 0.3) is 61.2 Å². The second kappa shape index (κ2) is 10.4. The lowest BCUT2D eigenvalue weighted by molar-refractivity contribution is 0.794. The third-order valence-corrected chi connectivity index (χ3v) is 10.0. The zero-order valence-corrected chi connectivity index (χ0v) is 26.7. The lowest BCUT2D eigenvalue weighted by Gasteiger charge is -2.30.